The SMILES string of the molecule is CO[C@@]12CC[C@H](Oc3ccccn3)C[C@@H]1N(C(=O)CCC1CCCC1)CC2. The van der Waals surface area contributed by atoms with E-state index in [4.69, 9.17) is 9.47 Å². The van der Waals surface area contributed by atoms with E-state index < -0.39 is 0 Å². The van der Waals surface area contributed by atoms with Crippen LogP contribution in [0.4, 0.5) is 0 Å². The Morgan fingerprint density at radius 2 is 2.11 bits per heavy atom. The Morgan fingerprint density at radius 1 is 1.26 bits per heavy atom. The Kier molecular flexibility index (Phi) is 5.67. The van der Waals surface area contributed by atoms with Crippen molar-refractivity contribution in [1.82, 2.24) is 9.88 Å². The van der Waals surface area contributed by atoms with Crippen LogP contribution in [0.15, 0.2) is 24.4 Å². The molecule has 3 atom stereocenters. The molecule has 1 amide bonds. The molecule has 3 fully saturated rings. The molecule has 0 radical (unpaired) electrons. The van der Waals surface area contributed by atoms with E-state index in [9.17, 15) is 4.79 Å². The number of pyridine rings is 1. The normalized spacial score (nSPS) is 31.1. The molecule has 1 aromatic heterocycles. The fraction of sp³-hybridized carbons (Fsp3) is 0.727. The van der Waals surface area contributed by atoms with Crippen LogP contribution in [0.2, 0.25) is 0 Å². The fourth-order valence-electron chi connectivity index (χ4n) is 5.43. The molecule has 1 saturated heterocycles. The molecule has 0 unspecified atom stereocenters. The van der Waals surface area contributed by atoms with E-state index in [0.29, 0.717) is 18.2 Å². The van der Waals surface area contributed by atoms with Crippen LogP contribution in [0.1, 0.15) is 64.2 Å². The maximum atomic E-state index is 13.0. The molecule has 2 heterocycles. The minimum atomic E-state index is -0.188. The van der Waals surface area contributed by atoms with Gasteiger partial charge in [0.05, 0.1) is 11.6 Å². The number of rotatable bonds is 6. The smallest absolute Gasteiger partial charge is 0.222 e. The number of ether oxygens (including phenoxy) is 2. The molecule has 148 valence electrons. The van der Waals surface area contributed by atoms with E-state index in [-0.39, 0.29) is 17.7 Å². The molecule has 5 nitrogen and oxygen atoms in total. The molecule has 0 N–H and O–H groups in total. The van der Waals surface area contributed by atoms with Crippen molar-refractivity contribution >= 4 is 5.91 Å². The number of aromatic nitrogens is 1. The van der Waals surface area contributed by atoms with Gasteiger partial charge in [0.15, 0.2) is 0 Å². The van der Waals surface area contributed by atoms with Crippen LogP contribution in [0.25, 0.3) is 0 Å². The number of carbonyl (C=O) groups excluding carboxylic acids is 1. The summed E-state index contributed by atoms with van der Waals surface area (Å²) >= 11 is 0. The van der Waals surface area contributed by atoms with Crippen molar-refractivity contribution in [2.24, 2.45) is 5.92 Å². The maximum Gasteiger partial charge on any atom is 0.222 e. The zero-order valence-corrected chi connectivity index (χ0v) is 16.4. The molecule has 0 aromatic carbocycles. The lowest BCUT2D eigenvalue weighted by Gasteiger charge is -2.43. The van der Waals surface area contributed by atoms with Crippen molar-refractivity contribution in [1.29, 1.82) is 0 Å². The quantitative estimate of drug-likeness (QED) is 0.758. The molecular weight excluding hydrogens is 340 g/mol. The molecule has 2 saturated carbocycles. The highest BCUT2D eigenvalue weighted by Crippen LogP contribution is 2.43. The summed E-state index contributed by atoms with van der Waals surface area (Å²) in [6.07, 6.45) is 12.5. The average molecular weight is 373 g/mol. The highest BCUT2D eigenvalue weighted by molar-refractivity contribution is 5.77. The van der Waals surface area contributed by atoms with Crippen molar-refractivity contribution < 1.29 is 14.3 Å². The summed E-state index contributed by atoms with van der Waals surface area (Å²) in [5, 5.41) is 0. The Balaban J connectivity index is 1.40. The largest absolute Gasteiger partial charge is 0.474 e. The van der Waals surface area contributed by atoms with E-state index in [1.165, 1.54) is 25.7 Å². The van der Waals surface area contributed by atoms with Crippen LogP contribution in [0.3, 0.4) is 0 Å². The molecule has 0 spiro atoms. The van der Waals surface area contributed by atoms with Gasteiger partial charge in [-0.25, -0.2) is 4.98 Å². The van der Waals surface area contributed by atoms with Gasteiger partial charge in [-0.15, -0.1) is 0 Å². The van der Waals surface area contributed by atoms with Crippen molar-refractivity contribution in [2.45, 2.75) is 82.0 Å². The second-order valence-electron chi connectivity index (χ2n) is 8.49. The number of hydrogen-bond acceptors (Lipinski definition) is 4. The van der Waals surface area contributed by atoms with Gasteiger partial charge < -0.3 is 14.4 Å². The number of nitrogens with zero attached hydrogens (tertiary/aromatic N) is 2. The van der Waals surface area contributed by atoms with E-state index in [0.717, 1.165) is 44.6 Å². The lowest BCUT2D eigenvalue weighted by atomic mass is 9.79. The number of methoxy groups -OCH3 is 1. The van der Waals surface area contributed by atoms with Gasteiger partial charge in [-0.2, -0.15) is 0 Å². The standard InChI is InChI=1S/C22H32N2O3/c1-26-22-12-11-18(27-20-8-4-5-14-23-20)16-19(22)24(15-13-22)21(25)10-9-17-6-2-3-7-17/h4-5,8,14,17-19H,2-3,6-7,9-13,15-16H2,1H3/t18-,19-,22+/m0/s1. The van der Waals surface area contributed by atoms with E-state index in [1.807, 2.05) is 18.2 Å². The molecule has 1 aromatic rings. The van der Waals surface area contributed by atoms with Crippen LogP contribution in [-0.2, 0) is 9.53 Å². The van der Waals surface area contributed by atoms with Gasteiger partial charge in [-0.05, 0) is 37.7 Å². The predicted molar refractivity (Wildman–Crippen MR) is 104 cm³/mol. The Hall–Kier alpha value is -1.62. The molecule has 1 aliphatic heterocycles. The summed E-state index contributed by atoms with van der Waals surface area (Å²) in [7, 11) is 1.80. The van der Waals surface area contributed by atoms with Crippen LogP contribution >= 0.6 is 0 Å². The van der Waals surface area contributed by atoms with Crippen LogP contribution in [0.5, 0.6) is 5.88 Å². The minimum Gasteiger partial charge on any atom is -0.474 e. The monoisotopic (exact) mass is 372 g/mol. The summed E-state index contributed by atoms with van der Waals surface area (Å²) in [4.78, 5) is 19.4. The number of hydrogen-bond donors (Lipinski definition) is 0. The third kappa shape index (κ3) is 3.98. The highest BCUT2D eigenvalue weighted by atomic mass is 16.5. The molecule has 4 rings (SSSR count). The van der Waals surface area contributed by atoms with Gasteiger partial charge in [0.25, 0.3) is 0 Å². The summed E-state index contributed by atoms with van der Waals surface area (Å²) in [6.45, 7) is 0.818. The minimum absolute atomic E-state index is 0.0939. The van der Waals surface area contributed by atoms with Crippen LogP contribution in [-0.4, -0.2) is 47.2 Å². The second-order valence-corrected chi connectivity index (χ2v) is 8.49. The first-order valence-corrected chi connectivity index (χ1v) is 10.6. The van der Waals surface area contributed by atoms with Gasteiger partial charge in [0.1, 0.15) is 6.10 Å². The molecule has 2 aliphatic carbocycles. The topological polar surface area (TPSA) is 51.7 Å². The number of carbonyl (C=O) groups is 1. The first kappa shape index (κ1) is 18.7. The second kappa shape index (κ2) is 8.17. The number of amides is 1. The first-order chi connectivity index (χ1) is 13.2. The van der Waals surface area contributed by atoms with Crippen LogP contribution in [0, 0.1) is 5.92 Å². The average Bonchev–Trinajstić information content (AvgIpc) is 3.35. The molecular formula is C22H32N2O3. The Bertz CT molecular complexity index is 632. The third-order valence-electron chi connectivity index (χ3n) is 7.03. The van der Waals surface area contributed by atoms with Gasteiger partial charge in [0.2, 0.25) is 11.8 Å². The number of likely N-dealkylation sites (tertiary alicyclic amines) is 1. The Labute approximate surface area is 162 Å². The van der Waals surface area contributed by atoms with Crippen molar-refractivity contribution in [2.75, 3.05) is 13.7 Å². The summed E-state index contributed by atoms with van der Waals surface area (Å²) in [5.74, 6) is 1.74. The third-order valence-corrected chi connectivity index (χ3v) is 7.03. The highest BCUT2D eigenvalue weighted by Gasteiger charge is 2.52. The summed E-state index contributed by atoms with van der Waals surface area (Å²) in [6, 6.07) is 5.86. The number of fused-ring (bicyclic) bond motifs is 1. The summed E-state index contributed by atoms with van der Waals surface area (Å²) < 4.78 is 12.1. The van der Waals surface area contributed by atoms with Gasteiger partial charge in [-0.1, -0.05) is 31.7 Å². The predicted octanol–water partition coefficient (Wildman–Crippen LogP) is 3.97. The summed E-state index contributed by atoms with van der Waals surface area (Å²) in [5.41, 5.74) is -0.188. The van der Waals surface area contributed by atoms with Gasteiger partial charge in [-0.3, -0.25) is 4.79 Å². The molecule has 0 bridgehead atoms. The molecule has 27 heavy (non-hydrogen) atoms. The van der Waals surface area contributed by atoms with Gasteiger partial charge >= 0.3 is 0 Å². The van der Waals surface area contributed by atoms with E-state index in [2.05, 4.69) is 9.88 Å². The van der Waals surface area contributed by atoms with Crippen LogP contribution < -0.4 is 4.74 Å². The zero-order chi connectivity index (χ0) is 18.7. The van der Waals surface area contributed by atoms with Crippen molar-refractivity contribution in [3.05, 3.63) is 24.4 Å². The lowest BCUT2D eigenvalue weighted by molar-refractivity contribution is -0.139. The zero-order valence-electron chi connectivity index (χ0n) is 16.4. The van der Waals surface area contributed by atoms with Gasteiger partial charge in [0, 0.05) is 38.8 Å². The maximum absolute atomic E-state index is 13.0. The van der Waals surface area contributed by atoms with E-state index in [1.54, 1.807) is 13.3 Å². The Morgan fingerprint density at radius 3 is 2.85 bits per heavy atom. The lowest BCUT2D eigenvalue weighted by Crippen LogP contribution is -2.53. The first-order valence-electron chi connectivity index (χ1n) is 10.6. The van der Waals surface area contributed by atoms with Crippen molar-refractivity contribution in [3.8, 4) is 5.88 Å². The molecule has 3 aliphatic rings. The molecule has 5 heteroatoms. The van der Waals surface area contributed by atoms with E-state index >= 15 is 0 Å². The fourth-order valence-corrected chi connectivity index (χ4v) is 5.43. The van der Waals surface area contributed by atoms with Crippen molar-refractivity contribution in [3.63, 3.8) is 0 Å².